The number of piperidine rings is 1. The Morgan fingerprint density at radius 3 is 2.29 bits per heavy atom. The number of H-pyrrole nitrogens is 1. The summed E-state index contributed by atoms with van der Waals surface area (Å²) in [5.41, 5.74) is 4.74. The van der Waals surface area contributed by atoms with E-state index in [-0.39, 0.29) is 17.2 Å². The number of likely N-dealkylation sites (N-methyl/N-ethyl adjacent to an activating group) is 1. The van der Waals surface area contributed by atoms with Crippen molar-refractivity contribution in [2.24, 2.45) is 5.92 Å². The number of amides is 1. The Morgan fingerprint density at radius 1 is 1.29 bits per heavy atom. The first-order chi connectivity index (χ1) is 13.9. The van der Waals surface area contributed by atoms with E-state index in [0.29, 0.717) is 6.07 Å². The molecule has 0 aliphatic carbocycles. The molecule has 2 atom stereocenters. The van der Waals surface area contributed by atoms with E-state index in [2.05, 4.69) is 9.97 Å². The molecule has 1 aliphatic heterocycles. The van der Waals surface area contributed by atoms with Crippen molar-refractivity contribution in [3.8, 4) is 6.07 Å². The molecule has 0 aromatic carbocycles. The van der Waals surface area contributed by atoms with E-state index in [9.17, 15) is 50.4 Å². The highest BCUT2D eigenvalue weighted by Crippen LogP contribution is 2.46. The Hall–Kier alpha value is -2.88. The first kappa shape index (κ1) is 24.4. The maximum atomic E-state index is 12.4. The van der Waals surface area contributed by atoms with Gasteiger partial charge in [0.25, 0.3) is 5.91 Å². The maximum Gasteiger partial charge on any atom is 0.348 e. The second kappa shape index (κ2) is 7.08. The number of carbonyl (C=O) groups excluding carboxylic acids is 1. The average Bonchev–Trinajstić information content (AvgIpc) is 2.62. The SMILES string of the molecule is Cc1c(N(C)C2C(C)C(O)(O)C(O)(O)N(C(=O)C(O)(O)C#N)C2(O)O)nc(=O)[nH]c1N. The number of nitriles is 1. The number of aromatic nitrogens is 2. The molecule has 0 radical (unpaired) electrons. The van der Waals surface area contributed by atoms with Gasteiger partial charge < -0.3 is 51.5 Å². The molecule has 2 heterocycles. The van der Waals surface area contributed by atoms with Gasteiger partial charge in [-0.3, -0.25) is 9.78 Å². The number of aliphatic hydroxyl groups is 8. The van der Waals surface area contributed by atoms with Crippen LogP contribution < -0.4 is 16.3 Å². The van der Waals surface area contributed by atoms with E-state index in [0.717, 1.165) is 18.9 Å². The highest BCUT2D eigenvalue weighted by molar-refractivity contribution is 5.87. The molecule has 1 aromatic heterocycles. The third kappa shape index (κ3) is 3.38. The zero-order valence-corrected chi connectivity index (χ0v) is 16.4. The Bertz CT molecular complexity index is 997. The quantitative estimate of drug-likeness (QED) is 0.153. The van der Waals surface area contributed by atoms with Gasteiger partial charge in [0.15, 0.2) is 0 Å². The average molecular weight is 446 g/mol. The molecule has 1 fully saturated rings. The zero-order chi connectivity index (χ0) is 24.3. The van der Waals surface area contributed by atoms with Crippen molar-refractivity contribution in [2.45, 2.75) is 43.3 Å². The lowest BCUT2D eigenvalue weighted by Crippen LogP contribution is -2.86. The lowest BCUT2D eigenvalue weighted by Gasteiger charge is -2.59. The van der Waals surface area contributed by atoms with Crippen LogP contribution in [0.5, 0.6) is 0 Å². The molecule has 11 N–H and O–H groups in total. The molecule has 0 bridgehead atoms. The van der Waals surface area contributed by atoms with Gasteiger partial charge in [0.2, 0.25) is 5.79 Å². The van der Waals surface area contributed by atoms with Gasteiger partial charge in [0, 0.05) is 18.5 Å². The highest BCUT2D eigenvalue weighted by Gasteiger charge is 2.74. The van der Waals surface area contributed by atoms with Crippen molar-refractivity contribution < 1.29 is 45.6 Å². The van der Waals surface area contributed by atoms with Gasteiger partial charge >= 0.3 is 23.3 Å². The van der Waals surface area contributed by atoms with E-state index >= 15 is 0 Å². The van der Waals surface area contributed by atoms with Gasteiger partial charge in [-0.2, -0.15) is 10.2 Å². The minimum absolute atomic E-state index is 0.0741. The number of aromatic amines is 1. The van der Waals surface area contributed by atoms with E-state index in [1.807, 2.05) is 0 Å². The van der Waals surface area contributed by atoms with Gasteiger partial charge in [-0.1, -0.05) is 6.92 Å². The second-order valence-electron chi connectivity index (χ2n) is 7.22. The molecule has 16 heteroatoms. The highest BCUT2D eigenvalue weighted by atomic mass is 16.6. The monoisotopic (exact) mass is 446 g/mol. The lowest BCUT2D eigenvalue weighted by molar-refractivity contribution is -0.497. The number of carbonyl (C=O) groups is 1. The summed E-state index contributed by atoms with van der Waals surface area (Å²) < 4.78 is 0. The predicted molar refractivity (Wildman–Crippen MR) is 96.5 cm³/mol. The third-order valence-electron chi connectivity index (χ3n) is 5.24. The fourth-order valence-electron chi connectivity index (χ4n) is 3.49. The minimum Gasteiger partial charge on any atom is -0.385 e. The maximum absolute atomic E-state index is 12.4. The molecular formula is C15H22N6O10. The molecule has 31 heavy (non-hydrogen) atoms. The molecule has 172 valence electrons. The molecule has 2 rings (SSSR count). The van der Waals surface area contributed by atoms with Crippen LogP contribution in [0, 0.1) is 24.2 Å². The van der Waals surface area contributed by atoms with Crippen molar-refractivity contribution in [2.75, 3.05) is 17.7 Å². The molecule has 1 aromatic rings. The van der Waals surface area contributed by atoms with Crippen LogP contribution in [-0.4, -0.2) is 98.1 Å². The van der Waals surface area contributed by atoms with Gasteiger partial charge in [-0.05, 0) is 6.92 Å². The summed E-state index contributed by atoms with van der Waals surface area (Å²) in [5, 5.41) is 90.4. The topological polar surface area (TPSA) is 281 Å². The Balaban J connectivity index is 2.78. The molecule has 1 aliphatic rings. The van der Waals surface area contributed by atoms with Gasteiger partial charge in [0.1, 0.15) is 23.7 Å². The molecule has 2 unspecified atom stereocenters. The van der Waals surface area contributed by atoms with Gasteiger partial charge in [0.05, 0.1) is 0 Å². The number of nitrogens with two attached hydrogens (primary N) is 1. The number of rotatable bonds is 3. The molecule has 0 saturated carbocycles. The van der Waals surface area contributed by atoms with Crippen LogP contribution in [0.25, 0.3) is 0 Å². The van der Waals surface area contributed by atoms with Crippen molar-refractivity contribution in [1.29, 1.82) is 5.26 Å². The summed E-state index contributed by atoms with van der Waals surface area (Å²) in [6, 6.07) is -1.45. The van der Waals surface area contributed by atoms with Crippen LogP contribution in [0.2, 0.25) is 0 Å². The zero-order valence-electron chi connectivity index (χ0n) is 16.4. The largest absolute Gasteiger partial charge is 0.385 e. The fourth-order valence-corrected chi connectivity index (χ4v) is 3.49. The number of hydrogen-bond acceptors (Lipinski definition) is 14. The summed E-state index contributed by atoms with van der Waals surface area (Å²) in [5.74, 6) is -20.7. The smallest absolute Gasteiger partial charge is 0.348 e. The Kier molecular flexibility index (Phi) is 5.57. The Labute approximate surface area is 173 Å². The molecular weight excluding hydrogens is 424 g/mol. The van der Waals surface area contributed by atoms with Gasteiger partial charge in [-0.25, -0.2) is 9.69 Å². The van der Waals surface area contributed by atoms with Crippen molar-refractivity contribution in [1.82, 2.24) is 14.9 Å². The van der Waals surface area contributed by atoms with Crippen molar-refractivity contribution >= 4 is 17.5 Å². The summed E-state index contributed by atoms with van der Waals surface area (Å²) in [4.78, 5) is 29.8. The van der Waals surface area contributed by atoms with Crippen LogP contribution in [0.4, 0.5) is 11.6 Å². The minimum atomic E-state index is -4.24. The number of hydrogen-bond donors (Lipinski definition) is 10. The van der Waals surface area contributed by atoms with Crippen LogP contribution in [0.3, 0.4) is 0 Å². The predicted octanol–water partition coefficient (Wildman–Crippen LogP) is -5.89. The van der Waals surface area contributed by atoms with Crippen molar-refractivity contribution in [3.63, 3.8) is 0 Å². The number of likely N-dealkylation sites (tertiary alicyclic amines) is 1. The van der Waals surface area contributed by atoms with E-state index in [1.165, 1.54) is 6.92 Å². The number of nitrogen functional groups attached to an aromatic ring is 1. The second-order valence-corrected chi connectivity index (χ2v) is 7.22. The number of anilines is 2. The third-order valence-corrected chi connectivity index (χ3v) is 5.24. The van der Waals surface area contributed by atoms with E-state index in [1.54, 1.807) is 0 Å². The number of nitrogens with zero attached hydrogens (tertiary/aromatic N) is 4. The standard InChI is InChI=1S/C15H22N6O10/c1-5-8(17)18-11(23)19-9(5)20(3)7-6(2)13(26,27)15(30,31)21(14(7,28)29)10(22)12(24,25)4-16/h6-7,24-31H,1-3H3,(H3,17,18,19,23). The van der Waals surface area contributed by atoms with Crippen LogP contribution in [0.1, 0.15) is 12.5 Å². The number of nitrogens with one attached hydrogen (secondary N) is 1. The van der Waals surface area contributed by atoms with Crippen LogP contribution in [-0.2, 0) is 4.79 Å². The summed E-state index contributed by atoms with van der Waals surface area (Å²) in [6.45, 7) is 2.26. The molecule has 16 nitrogen and oxygen atoms in total. The Morgan fingerprint density at radius 2 is 1.81 bits per heavy atom. The first-order valence-electron chi connectivity index (χ1n) is 8.49. The molecule has 1 saturated heterocycles. The fraction of sp³-hybridized carbons (Fsp3) is 0.600. The van der Waals surface area contributed by atoms with E-state index < -0.39 is 51.9 Å². The normalized spacial score (nSPS) is 24.4. The van der Waals surface area contributed by atoms with Crippen LogP contribution >= 0.6 is 0 Å². The lowest BCUT2D eigenvalue weighted by atomic mass is 9.80. The van der Waals surface area contributed by atoms with E-state index in [4.69, 9.17) is 11.0 Å². The molecule has 1 amide bonds. The first-order valence-corrected chi connectivity index (χ1v) is 8.49. The van der Waals surface area contributed by atoms with Crippen LogP contribution in [0.15, 0.2) is 4.79 Å². The summed E-state index contributed by atoms with van der Waals surface area (Å²) in [6.07, 6.45) is 0. The summed E-state index contributed by atoms with van der Waals surface area (Å²) in [7, 11) is 1.06. The summed E-state index contributed by atoms with van der Waals surface area (Å²) >= 11 is 0. The molecule has 0 spiro atoms. The van der Waals surface area contributed by atoms with Crippen molar-refractivity contribution in [3.05, 3.63) is 16.0 Å². The van der Waals surface area contributed by atoms with Gasteiger partial charge in [-0.15, -0.1) is 0 Å².